The molecule has 100 valence electrons. The molecular weight excluding hydrogens is 244 g/mol. The fourth-order valence-electron chi connectivity index (χ4n) is 2.96. The summed E-state index contributed by atoms with van der Waals surface area (Å²) in [6.07, 6.45) is 5.30. The first-order valence-electron chi connectivity index (χ1n) is 6.67. The highest BCUT2D eigenvalue weighted by molar-refractivity contribution is 5.87. The van der Waals surface area contributed by atoms with Crippen LogP contribution < -0.4 is 4.90 Å². The minimum atomic E-state index is -0.333. The number of aromatic nitrogens is 3. The van der Waals surface area contributed by atoms with Crippen molar-refractivity contribution in [2.24, 2.45) is 0 Å². The number of aromatic amines is 1. The molecule has 0 atom stereocenters. The average Bonchev–Trinajstić information content (AvgIpc) is 3.09. The minimum absolute atomic E-state index is 0.333. The van der Waals surface area contributed by atoms with E-state index in [4.69, 9.17) is 9.47 Å². The zero-order valence-electron chi connectivity index (χ0n) is 10.6. The summed E-state index contributed by atoms with van der Waals surface area (Å²) < 4.78 is 11.5. The zero-order valence-corrected chi connectivity index (χ0v) is 10.6. The van der Waals surface area contributed by atoms with Crippen LogP contribution in [0.4, 0.5) is 5.82 Å². The maximum atomic E-state index is 5.75. The predicted molar refractivity (Wildman–Crippen MR) is 70.0 cm³/mol. The van der Waals surface area contributed by atoms with E-state index >= 15 is 0 Å². The van der Waals surface area contributed by atoms with Crippen molar-refractivity contribution in [2.45, 2.75) is 18.6 Å². The second-order valence-electron chi connectivity index (χ2n) is 5.03. The van der Waals surface area contributed by atoms with Gasteiger partial charge in [-0.15, -0.1) is 0 Å². The number of anilines is 1. The maximum absolute atomic E-state index is 5.75. The van der Waals surface area contributed by atoms with Crippen molar-refractivity contribution in [2.75, 3.05) is 31.2 Å². The Kier molecular flexibility index (Phi) is 2.46. The Morgan fingerprint density at radius 2 is 1.95 bits per heavy atom. The quantitative estimate of drug-likeness (QED) is 0.837. The van der Waals surface area contributed by atoms with Crippen molar-refractivity contribution >= 4 is 16.9 Å². The van der Waals surface area contributed by atoms with Gasteiger partial charge in [0, 0.05) is 32.1 Å². The Morgan fingerprint density at radius 1 is 1.16 bits per heavy atom. The highest BCUT2D eigenvalue weighted by atomic mass is 16.7. The number of nitrogens with zero attached hydrogens (tertiary/aromatic N) is 3. The van der Waals surface area contributed by atoms with Gasteiger partial charge in [0.2, 0.25) is 0 Å². The van der Waals surface area contributed by atoms with Crippen LogP contribution >= 0.6 is 0 Å². The molecule has 0 aromatic carbocycles. The van der Waals surface area contributed by atoms with E-state index in [0.717, 1.165) is 56.0 Å². The number of H-pyrrole nitrogens is 1. The highest BCUT2D eigenvalue weighted by Gasteiger charge is 2.40. The van der Waals surface area contributed by atoms with Gasteiger partial charge in [-0.1, -0.05) is 0 Å². The minimum Gasteiger partial charge on any atom is -0.356 e. The van der Waals surface area contributed by atoms with Crippen LogP contribution in [-0.2, 0) is 9.47 Å². The second kappa shape index (κ2) is 4.18. The van der Waals surface area contributed by atoms with E-state index in [1.807, 2.05) is 12.3 Å². The second-order valence-corrected chi connectivity index (χ2v) is 5.03. The highest BCUT2D eigenvalue weighted by Crippen LogP contribution is 2.34. The molecule has 2 saturated heterocycles. The Morgan fingerprint density at radius 3 is 2.74 bits per heavy atom. The molecule has 4 heterocycles. The summed E-state index contributed by atoms with van der Waals surface area (Å²) in [6, 6.07) is 2.03. The number of hydrogen-bond donors (Lipinski definition) is 1. The lowest BCUT2D eigenvalue weighted by Crippen LogP contribution is -2.45. The molecular formula is C13H16N4O2. The maximum Gasteiger partial charge on any atom is 0.171 e. The molecule has 2 aliphatic heterocycles. The molecule has 0 saturated carbocycles. The van der Waals surface area contributed by atoms with Crippen molar-refractivity contribution in [1.29, 1.82) is 0 Å². The molecule has 0 unspecified atom stereocenters. The predicted octanol–water partition coefficient (Wildman–Crippen LogP) is 1.30. The van der Waals surface area contributed by atoms with Crippen molar-refractivity contribution in [1.82, 2.24) is 15.0 Å². The van der Waals surface area contributed by atoms with Gasteiger partial charge in [0.25, 0.3) is 0 Å². The standard InChI is InChI=1S/C13H16N4O2/c1-4-14-11-10(1)12(16-9-15-11)17-5-2-13(3-6-17)18-7-8-19-13/h1,4,9H,2-3,5-8H2,(H,14,15,16). The smallest absolute Gasteiger partial charge is 0.171 e. The molecule has 1 N–H and O–H groups in total. The van der Waals surface area contributed by atoms with Crippen LogP contribution in [0.25, 0.3) is 11.0 Å². The zero-order chi connectivity index (χ0) is 12.7. The van der Waals surface area contributed by atoms with Crippen LogP contribution in [-0.4, -0.2) is 47.0 Å². The molecule has 0 bridgehead atoms. The summed E-state index contributed by atoms with van der Waals surface area (Å²) in [6.45, 7) is 3.24. The molecule has 0 amide bonds. The van der Waals surface area contributed by atoms with Gasteiger partial charge >= 0.3 is 0 Å². The van der Waals surface area contributed by atoms with Crippen LogP contribution in [0.3, 0.4) is 0 Å². The van der Waals surface area contributed by atoms with Crippen LogP contribution in [0, 0.1) is 0 Å². The summed E-state index contributed by atoms with van der Waals surface area (Å²) in [5, 5.41) is 1.08. The summed E-state index contributed by atoms with van der Waals surface area (Å²) >= 11 is 0. The third kappa shape index (κ3) is 1.79. The third-order valence-electron chi connectivity index (χ3n) is 3.97. The van der Waals surface area contributed by atoms with Gasteiger partial charge in [0.15, 0.2) is 5.79 Å². The monoisotopic (exact) mass is 260 g/mol. The van der Waals surface area contributed by atoms with E-state index < -0.39 is 0 Å². The third-order valence-corrected chi connectivity index (χ3v) is 3.97. The van der Waals surface area contributed by atoms with E-state index in [-0.39, 0.29) is 5.79 Å². The number of rotatable bonds is 1. The summed E-state index contributed by atoms with van der Waals surface area (Å²) in [5.74, 6) is 0.667. The van der Waals surface area contributed by atoms with E-state index in [0.29, 0.717) is 0 Å². The van der Waals surface area contributed by atoms with Crippen molar-refractivity contribution < 1.29 is 9.47 Å². The first-order chi connectivity index (χ1) is 9.36. The van der Waals surface area contributed by atoms with Gasteiger partial charge in [-0.25, -0.2) is 9.97 Å². The summed E-state index contributed by atoms with van der Waals surface area (Å²) in [7, 11) is 0. The Bertz CT molecular complexity index is 581. The fourth-order valence-corrected chi connectivity index (χ4v) is 2.96. The summed E-state index contributed by atoms with van der Waals surface area (Å²) in [5.41, 5.74) is 0.888. The number of ether oxygens (including phenoxy) is 2. The molecule has 19 heavy (non-hydrogen) atoms. The average molecular weight is 260 g/mol. The van der Waals surface area contributed by atoms with Gasteiger partial charge in [-0.05, 0) is 6.07 Å². The molecule has 2 aromatic rings. The van der Waals surface area contributed by atoms with Gasteiger partial charge < -0.3 is 19.4 Å². The molecule has 6 nitrogen and oxygen atoms in total. The van der Waals surface area contributed by atoms with Gasteiger partial charge in [0.05, 0.1) is 18.6 Å². The Hall–Kier alpha value is -1.66. The van der Waals surface area contributed by atoms with Crippen molar-refractivity contribution in [3.63, 3.8) is 0 Å². The van der Waals surface area contributed by atoms with Crippen LogP contribution in [0.5, 0.6) is 0 Å². The fraction of sp³-hybridized carbons (Fsp3) is 0.538. The molecule has 6 heteroatoms. The van der Waals surface area contributed by atoms with Crippen LogP contribution in [0.15, 0.2) is 18.6 Å². The lowest BCUT2D eigenvalue weighted by molar-refractivity contribution is -0.169. The molecule has 2 aliphatic rings. The van der Waals surface area contributed by atoms with Crippen molar-refractivity contribution in [3.05, 3.63) is 18.6 Å². The van der Waals surface area contributed by atoms with E-state index in [2.05, 4.69) is 19.9 Å². The first-order valence-corrected chi connectivity index (χ1v) is 6.67. The normalized spacial score (nSPS) is 22.4. The molecule has 1 spiro atoms. The lowest BCUT2D eigenvalue weighted by atomic mass is 10.0. The van der Waals surface area contributed by atoms with Gasteiger partial charge in [0.1, 0.15) is 17.8 Å². The molecule has 2 fully saturated rings. The van der Waals surface area contributed by atoms with Gasteiger partial charge in [-0.2, -0.15) is 0 Å². The molecule has 4 rings (SSSR count). The van der Waals surface area contributed by atoms with Crippen molar-refractivity contribution in [3.8, 4) is 0 Å². The lowest BCUT2D eigenvalue weighted by Gasteiger charge is -2.38. The molecule has 2 aromatic heterocycles. The van der Waals surface area contributed by atoms with E-state index in [1.165, 1.54) is 0 Å². The van der Waals surface area contributed by atoms with Crippen LogP contribution in [0.1, 0.15) is 12.8 Å². The summed E-state index contributed by atoms with van der Waals surface area (Å²) in [4.78, 5) is 14.1. The van der Waals surface area contributed by atoms with E-state index in [1.54, 1.807) is 6.33 Å². The van der Waals surface area contributed by atoms with Crippen LogP contribution in [0.2, 0.25) is 0 Å². The Balaban J connectivity index is 1.59. The topological polar surface area (TPSA) is 63.3 Å². The Labute approximate surface area is 110 Å². The largest absolute Gasteiger partial charge is 0.356 e. The number of fused-ring (bicyclic) bond motifs is 1. The van der Waals surface area contributed by atoms with E-state index in [9.17, 15) is 0 Å². The SMILES string of the molecule is c1nc(N2CCC3(CC2)OCCO3)c2cc[nH]c2n1. The van der Waals surface area contributed by atoms with Gasteiger partial charge in [-0.3, -0.25) is 0 Å². The number of hydrogen-bond acceptors (Lipinski definition) is 5. The molecule has 0 aliphatic carbocycles. The number of nitrogens with one attached hydrogen (secondary N) is 1. The number of piperidine rings is 1. The molecule has 0 radical (unpaired) electrons. The first kappa shape index (κ1) is 11.2.